The summed E-state index contributed by atoms with van der Waals surface area (Å²) >= 11 is 1.52. The molecule has 0 bridgehead atoms. The predicted octanol–water partition coefficient (Wildman–Crippen LogP) is 7.27. The lowest BCUT2D eigenvalue weighted by molar-refractivity contribution is 0.316. The summed E-state index contributed by atoms with van der Waals surface area (Å²) in [5.41, 5.74) is 2.73. The van der Waals surface area contributed by atoms with Crippen LogP contribution >= 0.6 is 11.3 Å². The van der Waals surface area contributed by atoms with Crippen LogP contribution in [0.2, 0.25) is 0 Å². The zero-order chi connectivity index (χ0) is 18.1. The predicted molar refractivity (Wildman–Crippen MR) is 106 cm³/mol. The van der Waals surface area contributed by atoms with Gasteiger partial charge in [0.2, 0.25) is 0 Å². The third-order valence-corrected chi connectivity index (χ3v) is 6.49. The molecule has 0 saturated heterocycles. The molecule has 2 aromatic carbocycles. The fourth-order valence-electron chi connectivity index (χ4n) is 3.51. The number of thiophene rings is 1. The number of hydrogen-bond donors (Lipinski definition) is 0. The summed E-state index contributed by atoms with van der Waals surface area (Å²) in [6.45, 7) is 2.09. The second-order valence-electron chi connectivity index (χ2n) is 7.13. The van der Waals surface area contributed by atoms with Gasteiger partial charge in [-0.3, -0.25) is 0 Å². The van der Waals surface area contributed by atoms with E-state index in [1.54, 1.807) is 0 Å². The molecule has 4 rings (SSSR count). The highest BCUT2D eigenvalue weighted by Gasteiger charge is 2.20. The summed E-state index contributed by atoms with van der Waals surface area (Å²) in [7, 11) is 0. The number of aryl methyl sites for hydroxylation is 1. The number of hydrogen-bond acceptors (Lipinski definition) is 1. The van der Waals surface area contributed by atoms with Gasteiger partial charge in [0.15, 0.2) is 0 Å². The third-order valence-electron chi connectivity index (χ3n) is 5.36. The largest absolute Gasteiger partial charge is 0.206 e. The number of benzene rings is 2. The van der Waals surface area contributed by atoms with Crippen LogP contribution in [0.25, 0.3) is 21.6 Å². The van der Waals surface area contributed by atoms with Gasteiger partial charge in [-0.15, -0.1) is 11.3 Å². The van der Waals surface area contributed by atoms with E-state index in [2.05, 4.69) is 6.92 Å². The zero-order valence-electron chi connectivity index (χ0n) is 14.9. The maximum Gasteiger partial charge on any atom is 0.135 e. The Bertz CT molecular complexity index is 881. The summed E-state index contributed by atoms with van der Waals surface area (Å²) in [5.74, 6) is -0.224. The molecule has 1 heterocycles. The van der Waals surface area contributed by atoms with Crippen LogP contribution in [0.5, 0.6) is 0 Å². The summed E-state index contributed by atoms with van der Waals surface area (Å²) in [6, 6.07) is 14.6. The molecule has 3 aromatic rings. The van der Waals surface area contributed by atoms with Gasteiger partial charge in [0.05, 0.1) is 5.56 Å². The molecule has 1 aliphatic rings. The number of halogens is 2. The Balaban J connectivity index is 1.63. The fourth-order valence-corrected chi connectivity index (χ4v) is 4.68. The van der Waals surface area contributed by atoms with Crippen molar-refractivity contribution in [2.45, 2.75) is 39.0 Å². The second-order valence-corrected chi connectivity index (χ2v) is 8.30. The van der Waals surface area contributed by atoms with Crippen molar-refractivity contribution in [3.63, 3.8) is 0 Å². The van der Waals surface area contributed by atoms with Gasteiger partial charge in [-0.25, -0.2) is 8.78 Å². The van der Waals surface area contributed by atoms with Gasteiger partial charge < -0.3 is 0 Å². The molecule has 1 aromatic heterocycles. The summed E-state index contributed by atoms with van der Waals surface area (Å²) in [6.07, 6.45) is 5.86. The van der Waals surface area contributed by atoms with Crippen LogP contribution < -0.4 is 0 Å². The Morgan fingerprint density at radius 3 is 2.19 bits per heavy atom. The van der Waals surface area contributed by atoms with E-state index in [0.717, 1.165) is 24.3 Å². The van der Waals surface area contributed by atoms with Gasteiger partial charge in [0.1, 0.15) is 11.6 Å². The van der Waals surface area contributed by atoms with Crippen molar-refractivity contribution >= 4 is 11.3 Å². The average molecular weight is 368 g/mol. The van der Waals surface area contributed by atoms with Crippen LogP contribution in [-0.2, 0) is 12.8 Å². The van der Waals surface area contributed by atoms with E-state index < -0.39 is 11.6 Å². The first-order chi connectivity index (χ1) is 12.6. The van der Waals surface area contributed by atoms with Crippen LogP contribution in [0, 0.1) is 17.6 Å². The average Bonchev–Trinajstić information content (AvgIpc) is 3.06. The number of rotatable bonds is 5. The fraction of sp³-hybridized carbons (Fsp3) is 0.304. The minimum absolute atomic E-state index is 0.101. The highest BCUT2D eigenvalue weighted by molar-refractivity contribution is 7.15. The minimum atomic E-state index is -0.489. The normalized spacial score (nSPS) is 14.4. The molecule has 0 atom stereocenters. The highest BCUT2D eigenvalue weighted by Crippen LogP contribution is 2.37. The summed E-state index contributed by atoms with van der Waals surface area (Å²) < 4.78 is 29.5. The van der Waals surface area contributed by atoms with Crippen LogP contribution in [0.3, 0.4) is 0 Å². The van der Waals surface area contributed by atoms with Crippen molar-refractivity contribution in [1.82, 2.24) is 0 Å². The Morgan fingerprint density at radius 2 is 1.62 bits per heavy atom. The van der Waals surface area contributed by atoms with Gasteiger partial charge in [-0.05, 0) is 59.7 Å². The van der Waals surface area contributed by atoms with Crippen molar-refractivity contribution in [2.24, 2.45) is 5.92 Å². The third kappa shape index (κ3) is 3.45. The van der Waals surface area contributed by atoms with Crippen molar-refractivity contribution in [3.8, 4) is 21.6 Å². The van der Waals surface area contributed by atoms with Gasteiger partial charge >= 0.3 is 0 Å². The standard InChI is InChI=1S/C23H22F2S/c1-2-15-6-8-17(9-7-15)18-13-20(24)23(21(25)14-18)22-11-10-19(26-22)12-16-4-3-5-16/h6-11,13-14,16H,2-5,12H2,1H3. The summed E-state index contributed by atoms with van der Waals surface area (Å²) in [4.78, 5) is 1.91. The van der Waals surface area contributed by atoms with Crippen molar-refractivity contribution < 1.29 is 8.78 Å². The smallest absolute Gasteiger partial charge is 0.135 e. The lowest BCUT2D eigenvalue weighted by Crippen LogP contribution is -2.12. The molecule has 26 heavy (non-hydrogen) atoms. The van der Waals surface area contributed by atoms with Crippen LogP contribution in [0.4, 0.5) is 8.78 Å². The van der Waals surface area contributed by atoms with Crippen molar-refractivity contribution in [3.05, 3.63) is 70.6 Å². The molecule has 1 fully saturated rings. The second kappa shape index (κ2) is 7.32. The Kier molecular flexibility index (Phi) is 4.90. The quantitative estimate of drug-likeness (QED) is 0.444. The molecule has 134 valence electrons. The maximum absolute atomic E-state index is 14.7. The Labute approximate surface area is 157 Å². The van der Waals surface area contributed by atoms with E-state index in [4.69, 9.17) is 0 Å². The zero-order valence-corrected chi connectivity index (χ0v) is 15.7. The molecule has 1 aliphatic carbocycles. The van der Waals surface area contributed by atoms with Gasteiger partial charge in [-0.1, -0.05) is 50.5 Å². The van der Waals surface area contributed by atoms with Crippen molar-refractivity contribution in [2.75, 3.05) is 0 Å². The SMILES string of the molecule is CCc1ccc(-c2cc(F)c(-c3ccc(CC4CCC4)s3)c(F)c2)cc1. The Morgan fingerprint density at radius 1 is 0.923 bits per heavy atom. The maximum atomic E-state index is 14.7. The van der Waals surface area contributed by atoms with E-state index in [1.165, 1.54) is 53.2 Å². The molecule has 1 saturated carbocycles. The van der Waals surface area contributed by atoms with Crippen LogP contribution in [-0.4, -0.2) is 0 Å². The Hall–Kier alpha value is -2.00. The molecule has 0 aliphatic heterocycles. The molecule has 3 heteroatoms. The molecule has 0 radical (unpaired) electrons. The van der Waals surface area contributed by atoms with Gasteiger partial charge in [-0.2, -0.15) is 0 Å². The molecular formula is C23H22F2S. The molecule has 0 N–H and O–H groups in total. The molecule has 0 spiro atoms. The monoisotopic (exact) mass is 368 g/mol. The van der Waals surface area contributed by atoms with E-state index in [9.17, 15) is 8.78 Å². The van der Waals surface area contributed by atoms with Crippen LogP contribution in [0.15, 0.2) is 48.5 Å². The molecule has 0 nitrogen and oxygen atoms in total. The van der Waals surface area contributed by atoms with E-state index in [-0.39, 0.29) is 5.56 Å². The first kappa shape index (κ1) is 17.4. The van der Waals surface area contributed by atoms with E-state index in [1.807, 2.05) is 36.4 Å². The van der Waals surface area contributed by atoms with E-state index in [0.29, 0.717) is 10.4 Å². The lowest BCUT2D eigenvalue weighted by atomic mass is 9.83. The molecule has 0 amide bonds. The molecular weight excluding hydrogens is 346 g/mol. The lowest BCUT2D eigenvalue weighted by Gasteiger charge is -2.24. The van der Waals surface area contributed by atoms with Gasteiger partial charge in [0.25, 0.3) is 0 Å². The van der Waals surface area contributed by atoms with E-state index >= 15 is 0 Å². The highest BCUT2D eigenvalue weighted by atomic mass is 32.1. The van der Waals surface area contributed by atoms with Crippen LogP contribution in [0.1, 0.15) is 36.6 Å². The molecule has 0 unspecified atom stereocenters. The first-order valence-electron chi connectivity index (χ1n) is 9.31. The summed E-state index contributed by atoms with van der Waals surface area (Å²) in [5, 5.41) is 0. The minimum Gasteiger partial charge on any atom is -0.206 e. The van der Waals surface area contributed by atoms with Crippen molar-refractivity contribution in [1.29, 1.82) is 0 Å². The topological polar surface area (TPSA) is 0 Å². The van der Waals surface area contributed by atoms with Gasteiger partial charge in [0, 0.05) is 9.75 Å². The first-order valence-corrected chi connectivity index (χ1v) is 10.1.